The molecule has 0 aliphatic carbocycles. The molecule has 2 N–H and O–H groups in total. The first kappa shape index (κ1) is 17.4. The first-order valence-electron chi connectivity index (χ1n) is 8.32. The van der Waals surface area contributed by atoms with Gasteiger partial charge in [-0.1, -0.05) is 30.3 Å². The highest BCUT2D eigenvalue weighted by Crippen LogP contribution is 2.21. The Hall–Kier alpha value is -3.41. The van der Waals surface area contributed by atoms with Gasteiger partial charge in [0.25, 0.3) is 0 Å². The van der Waals surface area contributed by atoms with Crippen molar-refractivity contribution in [1.29, 1.82) is 0 Å². The van der Waals surface area contributed by atoms with Crippen LogP contribution in [0.2, 0.25) is 0 Å². The van der Waals surface area contributed by atoms with E-state index in [1.54, 1.807) is 12.4 Å². The van der Waals surface area contributed by atoms with E-state index in [0.29, 0.717) is 19.0 Å². The quantitative estimate of drug-likeness (QED) is 0.638. The van der Waals surface area contributed by atoms with Crippen LogP contribution in [0.5, 0.6) is 5.75 Å². The Balaban J connectivity index is 1.60. The number of hydrogen-bond donors (Lipinski definition) is 2. The highest BCUT2D eigenvalue weighted by molar-refractivity contribution is 5.89. The third-order valence-corrected chi connectivity index (χ3v) is 3.53. The molecule has 0 atom stereocenters. The van der Waals surface area contributed by atoms with Gasteiger partial charge < -0.3 is 15.4 Å². The second-order valence-corrected chi connectivity index (χ2v) is 5.64. The Morgan fingerprint density at radius 2 is 1.92 bits per heavy atom. The minimum atomic E-state index is -0.109. The van der Waals surface area contributed by atoms with Gasteiger partial charge >= 0.3 is 0 Å². The zero-order valence-corrected chi connectivity index (χ0v) is 14.5. The predicted octanol–water partition coefficient (Wildman–Crippen LogP) is 3.59. The fraction of sp³-hybridized carbons (Fsp3) is 0.150. The van der Waals surface area contributed by atoms with Gasteiger partial charge in [0.2, 0.25) is 5.91 Å². The number of anilines is 2. The van der Waals surface area contributed by atoms with Crippen LogP contribution in [0, 0.1) is 0 Å². The van der Waals surface area contributed by atoms with E-state index in [2.05, 4.69) is 20.6 Å². The van der Waals surface area contributed by atoms with Crippen LogP contribution in [0.4, 0.5) is 11.5 Å². The molecule has 0 spiro atoms. The molecule has 6 heteroatoms. The lowest BCUT2D eigenvalue weighted by Crippen LogP contribution is -2.12. The standard InChI is InChI=1S/C20H20N4O2/c1-15(25)23-17-7-5-6-16(12-17)19-13-21-14-20(24-19)22-10-11-26-18-8-3-2-4-9-18/h2-9,12-14H,10-11H2,1H3,(H,22,24)(H,23,25). The summed E-state index contributed by atoms with van der Waals surface area (Å²) < 4.78 is 5.64. The van der Waals surface area contributed by atoms with Crippen LogP contribution in [-0.4, -0.2) is 29.0 Å². The molecule has 0 saturated heterocycles. The maximum absolute atomic E-state index is 11.2. The van der Waals surface area contributed by atoms with E-state index in [0.717, 1.165) is 22.7 Å². The summed E-state index contributed by atoms with van der Waals surface area (Å²) in [7, 11) is 0. The molecule has 2 aromatic carbocycles. The van der Waals surface area contributed by atoms with Gasteiger partial charge in [-0.3, -0.25) is 9.78 Å². The second kappa shape index (κ2) is 8.62. The van der Waals surface area contributed by atoms with E-state index in [4.69, 9.17) is 4.74 Å². The number of hydrogen-bond acceptors (Lipinski definition) is 5. The molecular formula is C20H20N4O2. The number of nitrogens with zero attached hydrogens (tertiary/aromatic N) is 2. The normalized spacial score (nSPS) is 10.2. The van der Waals surface area contributed by atoms with Crippen molar-refractivity contribution in [3.8, 4) is 17.0 Å². The lowest BCUT2D eigenvalue weighted by atomic mass is 10.1. The van der Waals surface area contributed by atoms with Gasteiger partial charge in [-0.25, -0.2) is 4.98 Å². The van der Waals surface area contributed by atoms with Gasteiger partial charge in [0.05, 0.1) is 24.6 Å². The van der Waals surface area contributed by atoms with Gasteiger partial charge in [0.1, 0.15) is 18.2 Å². The highest BCUT2D eigenvalue weighted by Gasteiger charge is 2.04. The molecule has 132 valence electrons. The van der Waals surface area contributed by atoms with Crippen LogP contribution in [0.3, 0.4) is 0 Å². The lowest BCUT2D eigenvalue weighted by molar-refractivity contribution is -0.114. The molecule has 26 heavy (non-hydrogen) atoms. The van der Waals surface area contributed by atoms with Crippen LogP contribution in [0.25, 0.3) is 11.3 Å². The van der Waals surface area contributed by atoms with E-state index in [-0.39, 0.29) is 5.91 Å². The van der Waals surface area contributed by atoms with Gasteiger partial charge in [-0.15, -0.1) is 0 Å². The Bertz CT molecular complexity index is 868. The molecule has 1 amide bonds. The molecule has 0 radical (unpaired) electrons. The SMILES string of the molecule is CC(=O)Nc1cccc(-c2cncc(NCCOc3ccccc3)n2)c1. The Morgan fingerprint density at radius 1 is 1.08 bits per heavy atom. The van der Waals surface area contributed by atoms with Crippen molar-refractivity contribution in [3.63, 3.8) is 0 Å². The summed E-state index contributed by atoms with van der Waals surface area (Å²) in [6.07, 6.45) is 3.36. The molecule has 0 bridgehead atoms. The van der Waals surface area contributed by atoms with Crippen molar-refractivity contribution in [2.24, 2.45) is 0 Å². The molecule has 1 aromatic heterocycles. The second-order valence-electron chi connectivity index (χ2n) is 5.64. The number of para-hydroxylation sites is 1. The van der Waals surface area contributed by atoms with E-state index in [1.807, 2.05) is 54.6 Å². The van der Waals surface area contributed by atoms with E-state index < -0.39 is 0 Å². The van der Waals surface area contributed by atoms with Gasteiger partial charge in [0.15, 0.2) is 0 Å². The fourth-order valence-electron chi connectivity index (χ4n) is 2.41. The molecule has 3 rings (SSSR count). The molecule has 0 saturated carbocycles. The number of benzene rings is 2. The first-order valence-corrected chi connectivity index (χ1v) is 8.32. The van der Waals surface area contributed by atoms with Crippen molar-refractivity contribution in [2.75, 3.05) is 23.8 Å². The van der Waals surface area contributed by atoms with Gasteiger partial charge in [-0.2, -0.15) is 0 Å². The fourth-order valence-corrected chi connectivity index (χ4v) is 2.41. The maximum atomic E-state index is 11.2. The number of rotatable bonds is 7. The summed E-state index contributed by atoms with van der Waals surface area (Å²) >= 11 is 0. The summed E-state index contributed by atoms with van der Waals surface area (Å²) in [5, 5.41) is 5.97. The summed E-state index contributed by atoms with van der Waals surface area (Å²) in [4.78, 5) is 20.0. The van der Waals surface area contributed by atoms with Crippen molar-refractivity contribution >= 4 is 17.4 Å². The lowest BCUT2D eigenvalue weighted by Gasteiger charge is -2.09. The molecule has 0 fully saturated rings. The number of aromatic nitrogens is 2. The van der Waals surface area contributed by atoms with Crippen LogP contribution >= 0.6 is 0 Å². The van der Waals surface area contributed by atoms with Gasteiger partial charge in [-0.05, 0) is 24.3 Å². The summed E-state index contributed by atoms with van der Waals surface area (Å²) in [6.45, 7) is 2.61. The third-order valence-electron chi connectivity index (χ3n) is 3.53. The van der Waals surface area contributed by atoms with Crippen LogP contribution < -0.4 is 15.4 Å². The predicted molar refractivity (Wildman–Crippen MR) is 102 cm³/mol. The smallest absolute Gasteiger partial charge is 0.221 e. The Kier molecular flexibility index (Phi) is 5.77. The molecule has 6 nitrogen and oxygen atoms in total. The number of amides is 1. The molecule has 0 unspecified atom stereocenters. The van der Waals surface area contributed by atoms with E-state index in [1.165, 1.54) is 6.92 Å². The minimum Gasteiger partial charge on any atom is -0.492 e. The number of ether oxygens (including phenoxy) is 1. The molecule has 0 aliphatic rings. The van der Waals surface area contributed by atoms with Crippen molar-refractivity contribution in [1.82, 2.24) is 9.97 Å². The van der Waals surface area contributed by atoms with Crippen molar-refractivity contribution in [2.45, 2.75) is 6.92 Å². The van der Waals surface area contributed by atoms with E-state index >= 15 is 0 Å². The first-order chi connectivity index (χ1) is 12.7. The van der Waals surface area contributed by atoms with Crippen LogP contribution in [-0.2, 0) is 4.79 Å². The van der Waals surface area contributed by atoms with Gasteiger partial charge in [0, 0.05) is 18.2 Å². The Labute approximate surface area is 152 Å². The zero-order valence-electron chi connectivity index (χ0n) is 14.5. The van der Waals surface area contributed by atoms with Crippen LogP contribution in [0.15, 0.2) is 67.0 Å². The average molecular weight is 348 g/mol. The summed E-state index contributed by atoms with van der Waals surface area (Å²) in [5.74, 6) is 1.40. The third kappa shape index (κ3) is 5.04. The molecule has 1 heterocycles. The Morgan fingerprint density at radius 3 is 2.73 bits per heavy atom. The van der Waals surface area contributed by atoms with Crippen molar-refractivity contribution in [3.05, 3.63) is 67.0 Å². The molecule has 0 aliphatic heterocycles. The van der Waals surface area contributed by atoms with Crippen LogP contribution in [0.1, 0.15) is 6.92 Å². The summed E-state index contributed by atoms with van der Waals surface area (Å²) in [5.41, 5.74) is 2.34. The van der Waals surface area contributed by atoms with E-state index in [9.17, 15) is 4.79 Å². The number of nitrogens with one attached hydrogen (secondary N) is 2. The highest BCUT2D eigenvalue weighted by atomic mass is 16.5. The summed E-state index contributed by atoms with van der Waals surface area (Å²) in [6, 6.07) is 17.2. The number of carbonyl (C=O) groups is 1. The molecular weight excluding hydrogens is 328 g/mol. The maximum Gasteiger partial charge on any atom is 0.221 e. The monoisotopic (exact) mass is 348 g/mol. The van der Waals surface area contributed by atoms with Crippen molar-refractivity contribution < 1.29 is 9.53 Å². The topological polar surface area (TPSA) is 76.1 Å². The zero-order chi connectivity index (χ0) is 18.2. The average Bonchev–Trinajstić information content (AvgIpc) is 2.66. The minimum absolute atomic E-state index is 0.109. The largest absolute Gasteiger partial charge is 0.492 e. The molecule has 3 aromatic rings. The number of carbonyl (C=O) groups excluding carboxylic acids is 1.